The van der Waals surface area contributed by atoms with Crippen LogP contribution in [0.4, 0.5) is 11.4 Å². The molecule has 2 atom stereocenters. The molecule has 0 spiro atoms. The Morgan fingerprint density at radius 1 is 1.56 bits per heavy atom. The van der Waals surface area contributed by atoms with E-state index in [1.165, 1.54) is 0 Å². The monoisotopic (exact) mass is 248 g/mol. The fraction of sp³-hybridized carbons (Fsp3) is 0.500. The van der Waals surface area contributed by atoms with Gasteiger partial charge in [-0.2, -0.15) is 0 Å². The number of nitrogen functional groups attached to an aromatic ring is 1. The third-order valence-corrected chi connectivity index (χ3v) is 3.50. The van der Waals surface area contributed by atoms with E-state index in [9.17, 15) is 4.79 Å². The van der Waals surface area contributed by atoms with Crippen molar-refractivity contribution in [2.45, 2.75) is 32.8 Å². The summed E-state index contributed by atoms with van der Waals surface area (Å²) in [5.74, 6) is -0.0138. The molecule has 0 aliphatic carbocycles. The van der Waals surface area contributed by atoms with E-state index in [2.05, 4.69) is 5.32 Å². The maximum absolute atomic E-state index is 12.1. The zero-order valence-corrected chi connectivity index (χ0v) is 10.9. The minimum absolute atomic E-state index is 0.0302. The van der Waals surface area contributed by atoms with Crippen LogP contribution in [-0.2, 0) is 9.53 Å². The number of hydrogen-bond acceptors (Lipinski definition) is 3. The molecule has 0 saturated carbocycles. The largest absolute Gasteiger partial charge is 0.398 e. The molecule has 0 bridgehead atoms. The zero-order chi connectivity index (χ0) is 13.1. The molecule has 98 valence electrons. The Kier molecular flexibility index (Phi) is 3.87. The number of amides is 1. The van der Waals surface area contributed by atoms with Gasteiger partial charge in [0, 0.05) is 18.0 Å². The Labute approximate surface area is 108 Å². The topological polar surface area (TPSA) is 64.3 Å². The van der Waals surface area contributed by atoms with Crippen molar-refractivity contribution in [3.05, 3.63) is 23.8 Å². The second-order valence-corrected chi connectivity index (χ2v) is 4.77. The highest BCUT2D eigenvalue weighted by Gasteiger charge is 2.32. The van der Waals surface area contributed by atoms with Crippen molar-refractivity contribution in [2.24, 2.45) is 5.92 Å². The molecule has 1 aromatic rings. The molecule has 0 radical (unpaired) electrons. The summed E-state index contributed by atoms with van der Waals surface area (Å²) in [6, 6.07) is 5.58. The zero-order valence-electron chi connectivity index (χ0n) is 10.9. The number of aryl methyl sites for hydroxylation is 1. The Bertz CT molecular complexity index is 445. The van der Waals surface area contributed by atoms with Crippen molar-refractivity contribution in [1.82, 2.24) is 0 Å². The standard InChI is InChI=1S/C14H20N2O2/c1-3-13-11(6-7-18-13)14(17)16-10-5-4-9(2)12(15)8-10/h4-5,8,11,13H,3,6-7,15H2,1-2H3,(H,16,17). The number of carbonyl (C=O) groups excluding carboxylic acids is 1. The highest BCUT2D eigenvalue weighted by molar-refractivity contribution is 5.93. The van der Waals surface area contributed by atoms with E-state index < -0.39 is 0 Å². The first-order valence-corrected chi connectivity index (χ1v) is 6.40. The van der Waals surface area contributed by atoms with Crippen LogP contribution >= 0.6 is 0 Å². The van der Waals surface area contributed by atoms with Gasteiger partial charge in [-0.3, -0.25) is 4.79 Å². The molecule has 4 nitrogen and oxygen atoms in total. The van der Waals surface area contributed by atoms with Gasteiger partial charge in [-0.05, 0) is 37.5 Å². The molecule has 3 N–H and O–H groups in total. The van der Waals surface area contributed by atoms with Gasteiger partial charge in [0.1, 0.15) is 0 Å². The van der Waals surface area contributed by atoms with Crippen LogP contribution in [0.2, 0.25) is 0 Å². The summed E-state index contributed by atoms with van der Waals surface area (Å²) in [5, 5.41) is 2.92. The summed E-state index contributed by atoms with van der Waals surface area (Å²) in [5.41, 5.74) is 8.30. The number of anilines is 2. The van der Waals surface area contributed by atoms with Crippen molar-refractivity contribution in [2.75, 3.05) is 17.7 Å². The highest BCUT2D eigenvalue weighted by atomic mass is 16.5. The lowest BCUT2D eigenvalue weighted by Gasteiger charge is -2.16. The van der Waals surface area contributed by atoms with Crippen molar-refractivity contribution in [3.8, 4) is 0 Å². The Morgan fingerprint density at radius 3 is 3.00 bits per heavy atom. The van der Waals surface area contributed by atoms with E-state index in [1.54, 1.807) is 6.07 Å². The molecule has 1 aliphatic heterocycles. The number of nitrogens with two attached hydrogens (primary N) is 1. The van der Waals surface area contributed by atoms with Gasteiger partial charge in [-0.25, -0.2) is 0 Å². The van der Waals surface area contributed by atoms with Crippen molar-refractivity contribution >= 4 is 17.3 Å². The molecule has 2 rings (SSSR count). The SMILES string of the molecule is CCC1OCCC1C(=O)Nc1ccc(C)c(N)c1. The summed E-state index contributed by atoms with van der Waals surface area (Å²) in [4.78, 5) is 12.1. The van der Waals surface area contributed by atoms with Crippen LogP contribution in [-0.4, -0.2) is 18.6 Å². The summed E-state index contributed by atoms with van der Waals surface area (Å²) in [6.45, 7) is 4.66. The summed E-state index contributed by atoms with van der Waals surface area (Å²) in [6.07, 6.45) is 1.72. The van der Waals surface area contributed by atoms with E-state index in [1.807, 2.05) is 26.0 Å². The normalized spacial score (nSPS) is 23.0. The highest BCUT2D eigenvalue weighted by Crippen LogP contribution is 2.25. The Morgan fingerprint density at radius 2 is 2.33 bits per heavy atom. The molecule has 1 fully saturated rings. The number of ether oxygens (including phenoxy) is 1. The molecule has 0 aromatic heterocycles. The molecule has 18 heavy (non-hydrogen) atoms. The van der Waals surface area contributed by atoms with Gasteiger partial charge in [-0.15, -0.1) is 0 Å². The first kappa shape index (κ1) is 12.9. The lowest BCUT2D eigenvalue weighted by Crippen LogP contribution is -2.29. The van der Waals surface area contributed by atoms with Crippen LogP contribution in [0.25, 0.3) is 0 Å². The van der Waals surface area contributed by atoms with Gasteiger partial charge in [0.2, 0.25) is 5.91 Å². The van der Waals surface area contributed by atoms with Gasteiger partial charge in [0.05, 0.1) is 12.0 Å². The fourth-order valence-corrected chi connectivity index (χ4v) is 2.30. The molecular formula is C14H20N2O2. The summed E-state index contributed by atoms with van der Waals surface area (Å²) in [7, 11) is 0. The van der Waals surface area contributed by atoms with Crippen LogP contribution in [0.15, 0.2) is 18.2 Å². The Hall–Kier alpha value is -1.55. The van der Waals surface area contributed by atoms with Gasteiger partial charge in [-0.1, -0.05) is 13.0 Å². The third kappa shape index (κ3) is 2.64. The van der Waals surface area contributed by atoms with E-state index in [4.69, 9.17) is 10.5 Å². The van der Waals surface area contributed by atoms with Crippen LogP contribution in [0.3, 0.4) is 0 Å². The molecule has 1 heterocycles. The average Bonchev–Trinajstić information content (AvgIpc) is 2.82. The smallest absolute Gasteiger partial charge is 0.230 e. The van der Waals surface area contributed by atoms with Crippen LogP contribution in [0.1, 0.15) is 25.3 Å². The van der Waals surface area contributed by atoms with E-state index >= 15 is 0 Å². The number of benzene rings is 1. The van der Waals surface area contributed by atoms with Crippen LogP contribution in [0, 0.1) is 12.8 Å². The third-order valence-electron chi connectivity index (χ3n) is 3.50. The van der Waals surface area contributed by atoms with E-state index in [0.29, 0.717) is 12.3 Å². The summed E-state index contributed by atoms with van der Waals surface area (Å²) >= 11 is 0. The Balaban J connectivity index is 2.04. The number of carbonyl (C=O) groups is 1. The number of nitrogens with one attached hydrogen (secondary N) is 1. The lowest BCUT2D eigenvalue weighted by molar-refractivity contribution is -0.121. The molecule has 1 saturated heterocycles. The van der Waals surface area contributed by atoms with Crippen LogP contribution < -0.4 is 11.1 Å². The molecule has 4 heteroatoms. The second kappa shape index (κ2) is 5.40. The van der Waals surface area contributed by atoms with Gasteiger partial charge >= 0.3 is 0 Å². The second-order valence-electron chi connectivity index (χ2n) is 4.77. The minimum atomic E-state index is -0.0440. The number of hydrogen-bond donors (Lipinski definition) is 2. The maximum Gasteiger partial charge on any atom is 0.230 e. The predicted octanol–water partition coefficient (Wildman–Crippen LogP) is 2.33. The van der Waals surface area contributed by atoms with Gasteiger partial charge in [0.25, 0.3) is 0 Å². The fourth-order valence-electron chi connectivity index (χ4n) is 2.30. The van der Waals surface area contributed by atoms with Gasteiger partial charge < -0.3 is 15.8 Å². The maximum atomic E-state index is 12.1. The quantitative estimate of drug-likeness (QED) is 0.807. The van der Waals surface area contributed by atoms with E-state index in [0.717, 1.165) is 24.1 Å². The number of rotatable bonds is 3. The first-order valence-electron chi connectivity index (χ1n) is 6.40. The average molecular weight is 248 g/mol. The molecular weight excluding hydrogens is 228 g/mol. The minimum Gasteiger partial charge on any atom is -0.398 e. The summed E-state index contributed by atoms with van der Waals surface area (Å²) < 4.78 is 5.53. The molecule has 1 aliphatic rings. The predicted molar refractivity (Wildman–Crippen MR) is 72.4 cm³/mol. The van der Waals surface area contributed by atoms with Crippen molar-refractivity contribution in [1.29, 1.82) is 0 Å². The first-order chi connectivity index (χ1) is 8.61. The molecule has 1 aromatic carbocycles. The lowest BCUT2D eigenvalue weighted by atomic mass is 9.98. The molecule has 1 amide bonds. The van der Waals surface area contributed by atoms with Crippen LogP contribution in [0.5, 0.6) is 0 Å². The van der Waals surface area contributed by atoms with E-state index in [-0.39, 0.29) is 17.9 Å². The molecule has 2 unspecified atom stereocenters. The van der Waals surface area contributed by atoms with Gasteiger partial charge in [0.15, 0.2) is 0 Å². The van der Waals surface area contributed by atoms with Crippen molar-refractivity contribution < 1.29 is 9.53 Å². The van der Waals surface area contributed by atoms with Crippen molar-refractivity contribution in [3.63, 3.8) is 0 Å².